The first-order valence-electron chi connectivity index (χ1n) is 9.22. The second kappa shape index (κ2) is 6.12. The summed E-state index contributed by atoms with van der Waals surface area (Å²) in [6.45, 7) is 7.20. The first-order chi connectivity index (χ1) is 13.3. The van der Waals surface area contributed by atoms with Crippen molar-refractivity contribution in [2.45, 2.75) is 27.7 Å². The van der Waals surface area contributed by atoms with E-state index in [1.54, 1.807) is 27.7 Å². The minimum atomic E-state index is -1.13. The molecule has 2 amide bonds. The lowest BCUT2D eigenvalue weighted by molar-refractivity contribution is -0.135. The van der Waals surface area contributed by atoms with E-state index in [-0.39, 0.29) is 11.8 Å². The monoisotopic (exact) mass is 374 g/mol. The van der Waals surface area contributed by atoms with E-state index >= 15 is 0 Å². The van der Waals surface area contributed by atoms with Gasteiger partial charge in [-0.25, -0.2) is 0 Å². The standard InChI is InChI=1S/C22H22N4O2/c1-15-21(3,19(27)25(23-15)17-11-7-5-8-12-17)22(4)16(2)24-26(20(22)28)18-13-9-6-10-14-18/h5-14H,1-4H3/t21-,22+. The Hall–Kier alpha value is -3.28. The van der Waals surface area contributed by atoms with Crippen molar-refractivity contribution < 1.29 is 9.59 Å². The van der Waals surface area contributed by atoms with Gasteiger partial charge in [-0.3, -0.25) is 9.59 Å². The molecule has 2 aromatic rings. The molecule has 2 aliphatic rings. The van der Waals surface area contributed by atoms with Crippen LogP contribution in [0.25, 0.3) is 0 Å². The van der Waals surface area contributed by atoms with Gasteiger partial charge in [0.15, 0.2) is 0 Å². The van der Waals surface area contributed by atoms with E-state index in [0.717, 1.165) is 0 Å². The van der Waals surface area contributed by atoms with Crippen LogP contribution in [-0.2, 0) is 9.59 Å². The van der Waals surface area contributed by atoms with Gasteiger partial charge in [-0.2, -0.15) is 20.2 Å². The molecule has 0 saturated heterocycles. The average molecular weight is 374 g/mol. The Labute approximate surface area is 164 Å². The van der Waals surface area contributed by atoms with Crippen LogP contribution in [-0.4, -0.2) is 23.2 Å². The van der Waals surface area contributed by atoms with Gasteiger partial charge in [-0.1, -0.05) is 36.4 Å². The number of benzene rings is 2. The summed E-state index contributed by atoms with van der Waals surface area (Å²) in [5.74, 6) is -0.451. The van der Waals surface area contributed by atoms with Crippen LogP contribution in [0.1, 0.15) is 27.7 Å². The molecule has 142 valence electrons. The smallest absolute Gasteiger partial charge is 0.260 e. The Bertz CT molecular complexity index is 932. The number of para-hydroxylation sites is 2. The fourth-order valence-electron chi connectivity index (χ4n) is 3.96. The lowest BCUT2D eigenvalue weighted by atomic mass is 9.60. The van der Waals surface area contributed by atoms with Crippen molar-refractivity contribution in [2.24, 2.45) is 21.0 Å². The van der Waals surface area contributed by atoms with E-state index < -0.39 is 10.8 Å². The topological polar surface area (TPSA) is 65.3 Å². The quantitative estimate of drug-likeness (QED) is 0.819. The largest absolute Gasteiger partial charge is 0.271 e. The van der Waals surface area contributed by atoms with Gasteiger partial charge in [0.25, 0.3) is 11.8 Å². The summed E-state index contributed by atoms with van der Waals surface area (Å²) in [5, 5.41) is 11.8. The highest BCUT2D eigenvalue weighted by Gasteiger charge is 2.65. The van der Waals surface area contributed by atoms with Crippen molar-refractivity contribution >= 4 is 34.6 Å². The highest BCUT2D eigenvalue weighted by Crippen LogP contribution is 2.51. The van der Waals surface area contributed by atoms with Gasteiger partial charge >= 0.3 is 0 Å². The molecule has 28 heavy (non-hydrogen) atoms. The maximum Gasteiger partial charge on any atom is 0.260 e. The summed E-state index contributed by atoms with van der Waals surface area (Å²) in [7, 11) is 0. The Morgan fingerprint density at radius 2 is 0.964 bits per heavy atom. The molecule has 2 aromatic carbocycles. The number of carbonyl (C=O) groups excluding carboxylic acids is 2. The predicted octanol–water partition coefficient (Wildman–Crippen LogP) is 3.84. The molecule has 6 nitrogen and oxygen atoms in total. The fraction of sp³-hybridized carbons (Fsp3) is 0.273. The Morgan fingerprint density at radius 1 is 0.643 bits per heavy atom. The third-order valence-electron chi connectivity index (χ3n) is 6.19. The lowest BCUT2D eigenvalue weighted by Crippen LogP contribution is -2.56. The first kappa shape index (κ1) is 18.1. The van der Waals surface area contributed by atoms with E-state index in [9.17, 15) is 9.59 Å². The molecule has 2 atom stereocenters. The highest BCUT2D eigenvalue weighted by atomic mass is 16.2. The predicted molar refractivity (Wildman–Crippen MR) is 110 cm³/mol. The summed E-state index contributed by atoms with van der Waals surface area (Å²) in [5.41, 5.74) is 0.301. The molecule has 0 N–H and O–H groups in total. The molecule has 0 spiro atoms. The summed E-state index contributed by atoms with van der Waals surface area (Å²) in [6, 6.07) is 18.5. The zero-order valence-electron chi connectivity index (χ0n) is 16.4. The number of hydrogen-bond acceptors (Lipinski definition) is 4. The number of hydrogen-bond donors (Lipinski definition) is 0. The van der Waals surface area contributed by atoms with E-state index in [2.05, 4.69) is 10.2 Å². The van der Waals surface area contributed by atoms with Crippen LogP contribution in [0, 0.1) is 10.8 Å². The van der Waals surface area contributed by atoms with Crippen LogP contribution < -0.4 is 10.0 Å². The zero-order valence-corrected chi connectivity index (χ0v) is 16.4. The van der Waals surface area contributed by atoms with E-state index in [4.69, 9.17) is 0 Å². The van der Waals surface area contributed by atoms with Crippen LogP contribution in [0.5, 0.6) is 0 Å². The number of hydrazone groups is 2. The Balaban J connectivity index is 1.78. The number of anilines is 2. The van der Waals surface area contributed by atoms with Crippen LogP contribution in [0.15, 0.2) is 70.9 Å². The molecule has 4 rings (SSSR count). The van der Waals surface area contributed by atoms with Crippen molar-refractivity contribution in [3.05, 3.63) is 60.7 Å². The van der Waals surface area contributed by atoms with Gasteiger partial charge in [-0.15, -0.1) is 0 Å². The molecule has 6 heteroatoms. The summed E-state index contributed by atoms with van der Waals surface area (Å²) < 4.78 is 0. The fourth-order valence-corrected chi connectivity index (χ4v) is 3.96. The van der Waals surface area contributed by atoms with Crippen molar-refractivity contribution in [3.8, 4) is 0 Å². The van der Waals surface area contributed by atoms with Crippen molar-refractivity contribution in [2.75, 3.05) is 10.0 Å². The van der Waals surface area contributed by atoms with E-state index in [1.807, 2.05) is 60.7 Å². The normalized spacial score (nSPS) is 27.3. The Morgan fingerprint density at radius 3 is 1.29 bits per heavy atom. The second-order valence-electron chi connectivity index (χ2n) is 7.53. The molecule has 0 saturated carbocycles. The molecule has 2 heterocycles. The minimum absolute atomic E-state index is 0.225. The number of rotatable bonds is 3. The summed E-state index contributed by atoms with van der Waals surface area (Å²) in [4.78, 5) is 27.1. The molecule has 0 fully saturated rings. The van der Waals surface area contributed by atoms with Crippen LogP contribution in [0.4, 0.5) is 11.4 Å². The van der Waals surface area contributed by atoms with Crippen LogP contribution in [0.2, 0.25) is 0 Å². The minimum Gasteiger partial charge on any atom is -0.271 e. The Kier molecular flexibility index (Phi) is 3.96. The van der Waals surface area contributed by atoms with Crippen LogP contribution >= 0.6 is 0 Å². The molecule has 2 aliphatic heterocycles. The van der Waals surface area contributed by atoms with Gasteiger partial charge in [0.1, 0.15) is 10.8 Å². The molecular weight excluding hydrogens is 352 g/mol. The van der Waals surface area contributed by atoms with Gasteiger partial charge in [0.2, 0.25) is 0 Å². The molecule has 0 radical (unpaired) electrons. The SMILES string of the molecule is CC1=NN(c2ccccc2)C(=O)[C@]1(C)[C@]1(C)C(=O)N(c2ccccc2)N=C1C. The molecule has 0 aliphatic carbocycles. The van der Waals surface area contributed by atoms with Gasteiger partial charge < -0.3 is 0 Å². The third-order valence-corrected chi connectivity index (χ3v) is 6.19. The first-order valence-corrected chi connectivity index (χ1v) is 9.22. The van der Waals surface area contributed by atoms with Crippen molar-refractivity contribution in [1.82, 2.24) is 0 Å². The van der Waals surface area contributed by atoms with Crippen molar-refractivity contribution in [1.29, 1.82) is 0 Å². The molecule has 0 aromatic heterocycles. The lowest BCUT2D eigenvalue weighted by Gasteiger charge is -2.38. The molecular formula is C22H22N4O2. The maximum atomic E-state index is 13.6. The summed E-state index contributed by atoms with van der Waals surface area (Å²) in [6.07, 6.45) is 0. The van der Waals surface area contributed by atoms with Crippen molar-refractivity contribution in [3.63, 3.8) is 0 Å². The zero-order chi connectivity index (χ0) is 20.1. The van der Waals surface area contributed by atoms with E-state index in [1.165, 1.54) is 10.0 Å². The van der Waals surface area contributed by atoms with E-state index in [0.29, 0.717) is 22.8 Å². The van der Waals surface area contributed by atoms with Crippen LogP contribution in [0.3, 0.4) is 0 Å². The highest BCUT2D eigenvalue weighted by molar-refractivity contribution is 6.30. The van der Waals surface area contributed by atoms with Gasteiger partial charge in [0.05, 0.1) is 22.8 Å². The average Bonchev–Trinajstić information content (AvgIpc) is 3.10. The summed E-state index contributed by atoms with van der Waals surface area (Å²) >= 11 is 0. The van der Waals surface area contributed by atoms with Gasteiger partial charge in [0, 0.05) is 0 Å². The number of carbonyl (C=O) groups is 2. The number of amides is 2. The second-order valence-corrected chi connectivity index (χ2v) is 7.53. The molecule has 0 unspecified atom stereocenters. The van der Waals surface area contributed by atoms with Gasteiger partial charge in [-0.05, 0) is 52.0 Å². The molecule has 0 bridgehead atoms. The number of nitrogens with zero attached hydrogens (tertiary/aromatic N) is 4. The third kappa shape index (κ3) is 2.21. The maximum absolute atomic E-state index is 13.6.